The standard InChI is InChI=1S/C6H2BrClN2O/c7-3-1-2-9-5-4(3)10-6(8)11-5/h1-2H. The molecule has 0 unspecified atom stereocenters. The van der Waals surface area contributed by atoms with E-state index in [-0.39, 0.29) is 5.35 Å². The summed E-state index contributed by atoms with van der Waals surface area (Å²) in [6, 6.07) is 1.78. The summed E-state index contributed by atoms with van der Waals surface area (Å²) < 4.78 is 5.79. The zero-order chi connectivity index (χ0) is 7.84. The Labute approximate surface area is 75.5 Å². The molecule has 11 heavy (non-hydrogen) atoms. The Balaban J connectivity index is 2.90. The lowest BCUT2D eigenvalue weighted by atomic mass is 10.4. The van der Waals surface area contributed by atoms with E-state index in [1.54, 1.807) is 12.3 Å². The summed E-state index contributed by atoms with van der Waals surface area (Å²) in [5, 5.41) is 0.111. The van der Waals surface area contributed by atoms with Gasteiger partial charge in [0.15, 0.2) is 0 Å². The van der Waals surface area contributed by atoms with Crippen LogP contribution in [0.2, 0.25) is 5.35 Å². The molecule has 2 rings (SSSR count). The van der Waals surface area contributed by atoms with E-state index in [0.717, 1.165) is 4.47 Å². The molecule has 0 amide bonds. The second-order valence-electron chi connectivity index (χ2n) is 1.91. The first-order valence-corrected chi connectivity index (χ1v) is 4.01. The van der Waals surface area contributed by atoms with Gasteiger partial charge in [-0.05, 0) is 33.6 Å². The summed E-state index contributed by atoms with van der Waals surface area (Å²) in [5.74, 6) is 0. The third kappa shape index (κ3) is 1.12. The first kappa shape index (κ1) is 7.06. The van der Waals surface area contributed by atoms with Crippen LogP contribution in [0.3, 0.4) is 0 Å². The molecular weight excluding hydrogens is 231 g/mol. The zero-order valence-electron chi connectivity index (χ0n) is 5.21. The Morgan fingerprint density at radius 2 is 2.36 bits per heavy atom. The van der Waals surface area contributed by atoms with Crippen LogP contribution in [0, 0.1) is 0 Å². The number of hydrogen-bond donors (Lipinski definition) is 0. The minimum atomic E-state index is 0.111. The van der Waals surface area contributed by atoms with E-state index >= 15 is 0 Å². The highest BCUT2D eigenvalue weighted by molar-refractivity contribution is 9.10. The monoisotopic (exact) mass is 232 g/mol. The molecule has 0 bridgehead atoms. The maximum Gasteiger partial charge on any atom is 0.294 e. The number of pyridine rings is 1. The van der Waals surface area contributed by atoms with Crippen LogP contribution in [0.1, 0.15) is 0 Å². The summed E-state index contributed by atoms with van der Waals surface area (Å²) >= 11 is 8.81. The van der Waals surface area contributed by atoms with E-state index in [1.165, 1.54) is 0 Å². The fourth-order valence-corrected chi connectivity index (χ4v) is 1.31. The molecule has 0 spiro atoms. The molecule has 2 aromatic rings. The molecule has 0 radical (unpaired) electrons. The molecular formula is C6H2BrClN2O. The first-order valence-electron chi connectivity index (χ1n) is 2.84. The van der Waals surface area contributed by atoms with E-state index in [0.29, 0.717) is 11.2 Å². The molecule has 5 heteroatoms. The highest BCUT2D eigenvalue weighted by atomic mass is 79.9. The Hall–Kier alpha value is -0.610. The minimum absolute atomic E-state index is 0.111. The number of aromatic nitrogens is 2. The predicted molar refractivity (Wildman–Crippen MR) is 44.5 cm³/mol. The van der Waals surface area contributed by atoms with E-state index in [1.807, 2.05) is 0 Å². The second kappa shape index (κ2) is 2.46. The molecule has 0 fully saturated rings. The molecule has 56 valence electrons. The van der Waals surface area contributed by atoms with Crippen LogP contribution >= 0.6 is 27.5 Å². The highest BCUT2D eigenvalue weighted by Crippen LogP contribution is 2.23. The fourth-order valence-electron chi connectivity index (χ4n) is 0.779. The number of oxazole rings is 1. The van der Waals surface area contributed by atoms with Crippen LogP contribution < -0.4 is 0 Å². The summed E-state index contributed by atoms with van der Waals surface area (Å²) in [5.41, 5.74) is 1.10. The van der Waals surface area contributed by atoms with Crippen molar-refractivity contribution in [2.24, 2.45) is 0 Å². The van der Waals surface area contributed by atoms with Gasteiger partial charge < -0.3 is 4.42 Å². The van der Waals surface area contributed by atoms with Gasteiger partial charge in [-0.25, -0.2) is 4.98 Å². The van der Waals surface area contributed by atoms with Gasteiger partial charge in [0.05, 0.1) is 4.47 Å². The van der Waals surface area contributed by atoms with Gasteiger partial charge in [-0.1, -0.05) is 0 Å². The van der Waals surface area contributed by atoms with Gasteiger partial charge in [-0.15, -0.1) is 0 Å². The molecule has 0 atom stereocenters. The second-order valence-corrected chi connectivity index (χ2v) is 3.09. The molecule has 0 N–H and O–H groups in total. The smallest absolute Gasteiger partial charge is 0.294 e. The normalized spacial score (nSPS) is 10.7. The van der Waals surface area contributed by atoms with Gasteiger partial charge in [0.2, 0.25) is 5.71 Å². The molecule has 0 aromatic carbocycles. The van der Waals surface area contributed by atoms with Gasteiger partial charge in [-0.2, -0.15) is 4.98 Å². The number of halogens is 2. The third-order valence-electron chi connectivity index (χ3n) is 1.22. The number of hydrogen-bond acceptors (Lipinski definition) is 3. The van der Waals surface area contributed by atoms with Crippen molar-refractivity contribution in [1.29, 1.82) is 0 Å². The minimum Gasteiger partial charge on any atom is -0.408 e. The van der Waals surface area contributed by atoms with Crippen LogP contribution in [0.25, 0.3) is 11.2 Å². The van der Waals surface area contributed by atoms with Crippen molar-refractivity contribution in [3.8, 4) is 0 Å². The summed E-state index contributed by atoms with van der Waals surface area (Å²) in [7, 11) is 0. The highest BCUT2D eigenvalue weighted by Gasteiger charge is 2.06. The molecule has 0 aliphatic rings. The number of nitrogens with zero attached hydrogens (tertiary/aromatic N) is 2. The molecule has 2 aromatic heterocycles. The van der Waals surface area contributed by atoms with E-state index in [9.17, 15) is 0 Å². The van der Waals surface area contributed by atoms with Gasteiger partial charge in [0.1, 0.15) is 5.52 Å². The van der Waals surface area contributed by atoms with Crippen molar-refractivity contribution in [1.82, 2.24) is 9.97 Å². The fraction of sp³-hybridized carbons (Fsp3) is 0. The SMILES string of the molecule is Clc1nc2c(Br)ccnc2o1. The van der Waals surface area contributed by atoms with E-state index in [2.05, 4.69) is 25.9 Å². The van der Waals surface area contributed by atoms with Crippen LogP contribution in [-0.2, 0) is 0 Å². The molecule has 3 nitrogen and oxygen atoms in total. The Bertz CT molecular complexity index is 400. The lowest BCUT2D eigenvalue weighted by Crippen LogP contribution is -1.73. The van der Waals surface area contributed by atoms with Crippen molar-refractivity contribution >= 4 is 38.8 Å². The Morgan fingerprint density at radius 3 is 3.09 bits per heavy atom. The van der Waals surface area contributed by atoms with Crippen LogP contribution in [0.15, 0.2) is 21.2 Å². The van der Waals surface area contributed by atoms with Gasteiger partial charge in [-0.3, -0.25) is 0 Å². The van der Waals surface area contributed by atoms with Crippen molar-refractivity contribution in [2.45, 2.75) is 0 Å². The quantitative estimate of drug-likeness (QED) is 0.702. The van der Waals surface area contributed by atoms with Gasteiger partial charge >= 0.3 is 0 Å². The summed E-state index contributed by atoms with van der Waals surface area (Å²) in [4.78, 5) is 7.82. The maximum absolute atomic E-state index is 5.52. The van der Waals surface area contributed by atoms with Crippen molar-refractivity contribution in [3.63, 3.8) is 0 Å². The van der Waals surface area contributed by atoms with Crippen molar-refractivity contribution in [2.75, 3.05) is 0 Å². The number of rotatable bonds is 0. The molecule has 0 aliphatic heterocycles. The van der Waals surface area contributed by atoms with Gasteiger partial charge in [0.25, 0.3) is 5.35 Å². The third-order valence-corrected chi connectivity index (χ3v) is 2.02. The lowest BCUT2D eigenvalue weighted by Gasteiger charge is -1.85. The van der Waals surface area contributed by atoms with Crippen LogP contribution in [0.5, 0.6) is 0 Å². The molecule has 0 saturated heterocycles. The maximum atomic E-state index is 5.52. The Kier molecular flexibility index (Phi) is 1.58. The topological polar surface area (TPSA) is 38.9 Å². The van der Waals surface area contributed by atoms with Crippen LogP contribution in [0.4, 0.5) is 0 Å². The molecule has 0 aliphatic carbocycles. The average Bonchev–Trinajstić information content (AvgIpc) is 2.31. The van der Waals surface area contributed by atoms with Crippen LogP contribution in [-0.4, -0.2) is 9.97 Å². The summed E-state index contributed by atoms with van der Waals surface area (Å²) in [6.45, 7) is 0. The molecule has 0 saturated carbocycles. The van der Waals surface area contributed by atoms with Gasteiger partial charge in [0, 0.05) is 6.20 Å². The average molecular weight is 233 g/mol. The number of fused-ring (bicyclic) bond motifs is 1. The van der Waals surface area contributed by atoms with E-state index in [4.69, 9.17) is 16.0 Å². The first-order chi connectivity index (χ1) is 5.27. The molecule has 2 heterocycles. The lowest BCUT2D eigenvalue weighted by molar-refractivity contribution is 0.593. The summed E-state index contributed by atoms with van der Waals surface area (Å²) in [6.07, 6.45) is 1.62. The predicted octanol–water partition coefficient (Wildman–Crippen LogP) is 2.64. The largest absolute Gasteiger partial charge is 0.408 e. The Morgan fingerprint density at radius 1 is 1.55 bits per heavy atom. The zero-order valence-corrected chi connectivity index (χ0v) is 7.56. The van der Waals surface area contributed by atoms with E-state index < -0.39 is 0 Å². The van der Waals surface area contributed by atoms with Crippen molar-refractivity contribution in [3.05, 3.63) is 22.1 Å². The van der Waals surface area contributed by atoms with Crippen molar-refractivity contribution < 1.29 is 4.42 Å².